The lowest BCUT2D eigenvalue weighted by molar-refractivity contribution is -0.119. The van der Waals surface area contributed by atoms with Crippen LogP contribution in [0.4, 0.5) is 5.82 Å². The Morgan fingerprint density at radius 1 is 1.16 bits per heavy atom. The van der Waals surface area contributed by atoms with Gasteiger partial charge in [0.05, 0.1) is 0 Å². The highest BCUT2D eigenvalue weighted by Crippen LogP contribution is 2.26. The van der Waals surface area contributed by atoms with Gasteiger partial charge in [0.25, 0.3) is 0 Å². The molecule has 102 valence electrons. The third-order valence-corrected chi connectivity index (χ3v) is 4.12. The highest BCUT2D eigenvalue weighted by Gasteiger charge is 2.27. The van der Waals surface area contributed by atoms with Gasteiger partial charge in [0.1, 0.15) is 12.1 Å². The fourth-order valence-electron chi connectivity index (χ4n) is 2.98. The SMILES string of the molecule is Cc1ncnc2c1CCC(=O)N2CCN1CCCC1. The number of likely N-dealkylation sites (tertiary alicyclic amines) is 1. The van der Waals surface area contributed by atoms with E-state index in [1.807, 2.05) is 11.8 Å². The molecule has 1 aromatic rings. The lowest BCUT2D eigenvalue weighted by Gasteiger charge is -2.30. The van der Waals surface area contributed by atoms with Crippen molar-refractivity contribution in [3.63, 3.8) is 0 Å². The summed E-state index contributed by atoms with van der Waals surface area (Å²) >= 11 is 0. The van der Waals surface area contributed by atoms with Crippen LogP contribution in [0.25, 0.3) is 0 Å². The Kier molecular flexibility index (Phi) is 3.46. The number of hydrogen-bond donors (Lipinski definition) is 0. The van der Waals surface area contributed by atoms with E-state index in [0.29, 0.717) is 6.42 Å². The maximum atomic E-state index is 12.1. The molecule has 0 saturated carbocycles. The van der Waals surface area contributed by atoms with Crippen molar-refractivity contribution in [2.45, 2.75) is 32.6 Å². The second kappa shape index (κ2) is 5.25. The van der Waals surface area contributed by atoms with Crippen molar-refractivity contribution in [2.75, 3.05) is 31.1 Å². The number of aromatic nitrogens is 2. The van der Waals surface area contributed by atoms with Crippen LogP contribution in [0.15, 0.2) is 6.33 Å². The van der Waals surface area contributed by atoms with Gasteiger partial charge in [0.2, 0.25) is 5.91 Å². The number of fused-ring (bicyclic) bond motifs is 1. The number of carbonyl (C=O) groups is 1. The highest BCUT2D eigenvalue weighted by molar-refractivity contribution is 5.95. The lowest BCUT2D eigenvalue weighted by Crippen LogP contribution is -2.41. The van der Waals surface area contributed by atoms with Crippen LogP contribution in [0, 0.1) is 6.92 Å². The van der Waals surface area contributed by atoms with Crippen LogP contribution >= 0.6 is 0 Å². The van der Waals surface area contributed by atoms with Crippen LogP contribution < -0.4 is 4.90 Å². The first-order chi connectivity index (χ1) is 9.25. The number of carbonyl (C=O) groups excluding carboxylic acids is 1. The molecule has 1 fully saturated rings. The van der Waals surface area contributed by atoms with E-state index in [9.17, 15) is 4.79 Å². The molecule has 1 aromatic heterocycles. The molecule has 3 heterocycles. The standard InChI is InChI=1S/C14H20N4O/c1-11-12-4-5-13(19)18(14(12)16-10-15-11)9-8-17-6-2-3-7-17/h10H,2-9H2,1H3. The van der Waals surface area contributed by atoms with Gasteiger partial charge in [-0.05, 0) is 39.3 Å². The monoisotopic (exact) mass is 260 g/mol. The molecule has 0 unspecified atom stereocenters. The van der Waals surface area contributed by atoms with Gasteiger partial charge in [0.15, 0.2) is 0 Å². The third kappa shape index (κ3) is 2.47. The molecular weight excluding hydrogens is 240 g/mol. The summed E-state index contributed by atoms with van der Waals surface area (Å²) in [6.45, 7) is 6.03. The molecule has 5 nitrogen and oxygen atoms in total. The predicted molar refractivity (Wildman–Crippen MR) is 73.1 cm³/mol. The molecule has 1 saturated heterocycles. The van der Waals surface area contributed by atoms with Crippen molar-refractivity contribution < 1.29 is 4.79 Å². The molecule has 0 spiro atoms. The Hall–Kier alpha value is -1.49. The molecule has 0 bridgehead atoms. The van der Waals surface area contributed by atoms with Gasteiger partial charge in [-0.25, -0.2) is 9.97 Å². The average Bonchev–Trinajstić information content (AvgIpc) is 2.91. The molecule has 0 N–H and O–H groups in total. The molecular formula is C14H20N4O. The summed E-state index contributed by atoms with van der Waals surface area (Å²) in [5.74, 6) is 1.03. The number of rotatable bonds is 3. The maximum absolute atomic E-state index is 12.1. The first-order valence-corrected chi connectivity index (χ1v) is 7.09. The zero-order valence-electron chi connectivity index (χ0n) is 11.4. The van der Waals surface area contributed by atoms with Crippen LogP contribution in [0.5, 0.6) is 0 Å². The molecule has 2 aliphatic rings. The molecule has 0 radical (unpaired) electrons. The molecule has 2 aliphatic heterocycles. The predicted octanol–water partition coefficient (Wildman–Crippen LogP) is 1.16. The van der Waals surface area contributed by atoms with Crippen molar-refractivity contribution in [2.24, 2.45) is 0 Å². The fourth-order valence-corrected chi connectivity index (χ4v) is 2.98. The molecule has 0 atom stereocenters. The molecule has 19 heavy (non-hydrogen) atoms. The third-order valence-electron chi connectivity index (χ3n) is 4.12. The molecule has 3 rings (SSSR count). The van der Waals surface area contributed by atoms with E-state index in [4.69, 9.17) is 0 Å². The topological polar surface area (TPSA) is 49.3 Å². The van der Waals surface area contributed by atoms with Crippen LogP contribution in [-0.4, -0.2) is 47.0 Å². The van der Waals surface area contributed by atoms with E-state index in [2.05, 4.69) is 14.9 Å². The second-order valence-electron chi connectivity index (χ2n) is 5.36. The summed E-state index contributed by atoms with van der Waals surface area (Å²) in [4.78, 5) is 25.0. The Bertz CT molecular complexity index is 482. The number of amides is 1. The Morgan fingerprint density at radius 3 is 2.74 bits per heavy atom. The first-order valence-electron chi connectivity index (χ1n) is 7.09. The van der Waals surface area contributed by atoms with Crippen molar-refractivity contribution in [3.8, 4) is 0 Å². The van der Waals surface area contributed by atoms with Gasteiger partial charge in [-0.1, -0.05) is 0 Å². The quantitative estimate of drug-likeness (QED) is 0.818. The number of anilines is 1. The smallest absolute Gasteiger partial charge is 0.228 e. The minimum atomic E-state index is 0.199. The second-order valence-corrected chi connectivity index (χ2v) is 5.36. The fraction of sp³-hybridized carbons (Fsp3) is 0.643. The van der Waals surface area contributed by atoms with Crippen LogP contribution in [0.3, 0.4) is 0 Å². The normalized spacial score (nSPS) is 19.8. The molecule has 0 aromatic carbocycles. The van der Waals surface area contributed by atoms with Crippen LogP contribution in [0.1, 0.15) is 30.5 Å². The Balaban J connectivity index is 1.76. The molecule has 5 heteroatoms. The van der Waals surface area contributed by atoms with E-state index in [1.54, 1.807) is 6.33 Å². The van der Waals surface area contributed by atoms with Crippen molar-refractivity contribution in [1.82, 2.24) is 14.9 Å². The lowest BCUT2D eigenvalue weighted by atomic mass is 10.0. The Morgan fingerprint density at radius 2 is 1.95 bits per heavy atom. The maximum Gasteiger partial charge on any atom is 0.228 e. The van der Waals surface area contributed by atoms with Gasteiger partial charge >= 0.3 is 0 Å². The van der Waals surface area contributed by atoms with Crippen molar-refractivity contribution >= 4 is 11.7 Å². The van der Waals surface area contributed by atoms with Gasteiger partial charge < -0.3 is 4.90 Å². The van der Waals surface area contributed by atoms with Gasteiger partial charge in [0, 0.05) is 30.8 Å². The summed E-state index contributed by atoms with van der Waals surface area (Å²) < 4.78 is 0. The largest absolute Gasteiger partial charge is 0.302 e. The zero-order valence-corrected chi connectivity index (χ0v) is 11.4. The van der Waals surface area contributed by atoms with E-state index in [-0.39, 0.29) is 5.91 Å². The summed E-state index contributed by atoms with van der Waals surface area (Å²) in [7, 11) is 0. The van der Waals surface area contributed by atoms with Crippen LogP contribution in [0.2, 0.25) is 0 Å². The van der Waals surface area contributed by atoms with E-state index < -0.39 is 0 Å². The Labute approximate surface area is 113 Å². The van der Waals surface area contributed by atoms with Crippen molar-refractivity contribution in [3.05, 3.63) is 17.6 Å². The van der Waals surface area contributed by atoms with E-state index >= 15 is 0 Å². The summed E-state index contributed by atoms with van der Waals surface area (Å²) in [6.07, 6.45) is 5.50. The van der Waals surface area contributed by atoms with Gasteiger partial charge in [-0.3, -0.25) is 9.69 Å². The molecule has 1 amide bonds. The summed E-state index contributed by atoms with van der Waals surface area (Å²) in [5.41, 5.74) is 2.15. The zero-order chi connectivity index (χ0) is 13.2. The van der Waals surface area contributed by atoms with Gasteiger partial charge in [-0.15, -0.1) is 0 Å². The van der Waals surface area contributed by atoms with E-state index in [1.165, 1.54) is 12.8 Å². The first kappa shape index (κ1) is 12.5. The number of aryl methyl sites for hydroxylation is 1. The molecule has 0 aliphatic carbocycles. The van der Waals surface area contributed by atoms with Gasteiger partial charge in [-0.2, -0.15) is 0 Å². The van der Waals surface area contributed by atoms with E-state index in [0.717, 1.165) is 49.7 Å². The average molecular weight is 260 g/mol. The highest BCUT2D eigenvalue weighted by atomic mass is 16.2. The summed E-state index contributed by atoms with van der Waals surface area (Å²) in [5, 5.41) is 0. The van der Waals surface area contributed by atoms with Crippen LogP contribution in [-0.2, 0) is 11.2 Å². The number of hydrogen-bond acceptors (Lipinski definition) is 4. The van der Waals surface area contributed by atoms with Crippen molar-refractivity contribution in [1.29, 1.82) is 0 Å². The minimum Gasteiger partial charge on any atom is -0.302 e. The summed E-state index contributed by atoms with van der Waals surface area (Å²) in [6, 6.07) is 0. The minimum absolute atomic E-state index is 0.199. The number of nitrogens with zero attached hydrogens (tertiary/aromatic N) is 4.